The summed E-state index contributed by atoms with van der Waals surface area (Å²) in [5.41, 5.74) is 0.765. The highest BCUT2D eigenvalue weighted by Crippen LogP contribution is 2.22. The number of nitrogens with zero attached hydrogens (tertiary/aromatic N) is 1. The van der Waals surface area contributed by atoms with Crippen LogP contribution in [0.4, 0.5) is 5.69 Å². The van der Waals surface area contributed by atoms with Crippen molar-refractivity contribution in [2.24, 2.45) is 0 Å². The highest BCUT2D eigenvalue weighted by atomic mass is 35.5. The van der Waals surface area contributed by atoms with E-state index in [4.69, 9.17) is 16.7 Å². The fraction of sp³-hybridized carbons (Fsp3) is 0.286. The van der Waals surface area contributed by atoms with Gasteiger partial charge in [0.2, 0.25) is 5.91 Å². The summed E-state index contributed by atoms with van der Waals surface area (Å²) >= 11 is 6.02. The molecule has 0 fully saturated rings. The Bertz CT molecular complexity index is 517. The van der Waals surface area contributed by atoms with Gasteiger partial charge in [-0.05, 0) is 18.2 Å². The zero-order valence-electron chi connectivity index (χ0n) is 11.2. The van der Waals surface area contributed by atoms with Crippen LogP contribution >= 0.6 is 11.6 Å². The molecule has 0 aliphatic heterocycles. The van der Waals surface area contributed by atoms with E-state index in [2.05, 4.69) is 11.9 Å². The number of nitrogens with one attached hydrogen (secondary N) is 1. The van der Waals surface area contributed by atoms with E-state index < -0.39 is 0 Å². The van der Waals surface area contributed by atoms with Crippen LogP contribution in [0.1, 0.15) is 17.3 Å². The van der Waals surface area contributed by atoms with E-state index in [-0.39, 0.29) is 35.6 Å². The van der Waals surface area contributed by atoms with Crippen LogP contribution < -0.4 is 5.32 Å². The molecule has 1 aromatic rings. The second-order valence-corrected chi connectivity index (χ2v) is 4.55. The number of anilines is 1. The predicted molar refractivity (Wildman–Crippen MR) is 78.9 cm³/mol. The first-order valence-electron chi connectivity index (χ1n) is 6.07. The number of hydrogen-bond donors (Lipinski definition) is 2. The Kier molecular flexibility index (Phi) is 6.21. The summed E-state index contributed by atoms with van der Waals surface area (Å²) < 4.78 is 0. The molecule has 0 saturated heterocycles. The van der Waals surface area contributed by atoms with E-state index >= 15 is 0 Å². The Morgan fingerprint density at radius 1 is 1.50 bits per heavy atom. The topological polar surface area (TPSA) is 69.6 Å². The third-order valence-electron chi connectivity index (χ3n) is 2.52. The maximum absolute atomic E-state index is 12.4. The fourth-order valence-electron chi connectivity index (χ4n) is 1.69. The van der Waals surface area contributed by atoms with Crippen LogP contribution in [0, 0.1) is 0 Å². The molecule has 0 saturated carbocycles. The monoisotopic (exact) mass is 296 g/mol. The van der Waals surface area contributed by atoms with Crippen LogP contribution in [0.25, 0.3) is 0 Å². The molecular formula is C14H17ClN2O3. The average Bonchev–Trinajstić information content (AvgIpc) is 2.39. The molecule has 0 aromatic heterocycles. The Morgan fingerprint density at radius 2 is 2.20 bits per heavy atom. The fourth-order valence-corrected chi connectivity index (χ4v) is 1.89. The Morgan fingerprint density at radius 3 is 2.75 bits per heavy atom. The minimum atomic E-state index is -0.323. The normalized spacial score (nSPS) is 9.95. The average molecular weight is 297 g/mol. The first kappa shape index (κ1) is 16.2. The molecule has 6 heteroatoms. The molecule has 5 nitrogen and oxygen atoms in total. The van der Waals surface area contributed by atoms with Gasteiger partial charge in [0, 0.05) is 25.7 Å². The first-order chi connectivity index (χ1) is 9.49. The minimum Gasteiger partial charge on any atom is -0.395 e. The number of benzene rings is 1. The van der Waals surface area contributed by atoms with Gasteiger partial charge in [-0.1, -0.05) is 17.7 Å². The molecule has 0 spiro atoms. The summed E-state index contributed by atoms with van der Waals surface area (Å²) in [6.45, 7) is 5.29. The number of aliphatic hydroxyl groups is 1. The molecule has 0 aliphatic rings. The van der Waals surface area contributed by atoms with Gasteiger partial charge in [0.1, 0.15) is 0 Å². The third kappa shape index (κ3) is 4.36. The summed E-state index contributed by atoms with van der Waals surface area (Å²) in [6, 6.07) is 4.68. The lowest BCUT2D eigenvalue weighted by molar-refractivity contribution is -0.114. The molecule has 1 aromatic carbocycles. The molecule has 2 N–H and O–H groups in total. The van der Waals surface area contributed by atoms with Crippen molar-refractivity contribution in [1.29, 1.82) is 0 Å². The van der Waals surface area contributed by atoms with E-state index in [1.165, 1.54) is 17.9 Å². The van der Waals surface area contributed by atoms with Crippen LogP contribution in [0.3, 0.4) is 0 Å². The van der Waals surface area contributed by atoms with Gasteiger partial charge < -0.3 is 15.3 Å². The molecule has 0 bridgehead atoms. The standard InChI is InChI=1S/C14H17ClN2O3/c1-3-6-17(7-8-18)14(20)12-9-11(16-10(2)19)4-5-13(12)15/h3-5,9,18H,1,6-8H2,2H3,(H,16,19). The van der Waals surface area contributed by atoms with Crippen molar-refractivity contribution < 1.29 is 14.7 Å². The van der Waals surface area contributed by atoms with Gasteiger partial charge in [-0.15, -0.1) is 6.58 Å². The quantitative estimate of drug-likeness (QED) is 0.788. The largest absolute Gasteiger partial charge is 0.395 e. The number of amides is 2. The second-order valence-electron chi connectivity index (χ2n) is 4.14. The SMILES string of the molecule is C=CCN(CCO)C(=O)c1cc(NC(C)=O)ccc1Cl. The van der Waals surface area contributed by atoms with Gasteiger partial charge in [-0.3, -0.25) is 9.59 Å². The molecule has 108 valence electrons. The van der Waals surface area contributed by atoms with Gasteiger partial charge in [0.05, 0.1) is 17.2 Å². The number of carbonyl (C=O) groups excluding carboxylic acids is 2. The number of aliphatic hydroxyl groups excluding tert-OH is 1. The Labute approximate surface area is 122 Å². The number of rotatable bonds is 6. The van der Waals surface area contributed by atoms with Crippen molar-refractivity contribution in [1.82, 2.24) is 4.90 Å². The molecule has 0 radical (unpaired) electrons. The number of halogens is 1. The van der Waals surface area contributed by atoms with Crippen LogP contribution in [0.2, 0.25) is 5.02 Å². The van der Waals surface area contributed by atoms with Crippen molar-refractivity contribution in [3.63, 3.8) is 0 Å². The molecular weight excluding hydrogens is 280 g/mol. The summed E-state index contributed by atoms with van der Waals surface area (Å²) in [5, 5.41) is 11.9. The van der Waals surface area contributed by atoms with Crippen molar-refractivity contribution in [2.75, 3.05) is 25.0 Å². The van der Waals surface area contributed by atoms with Crippen LogP contribution in [-0.2, 0) is 4.79 Å². The lowest BCUT2D eigenvalue weighted by Crippen LogP contribution is -2.33. The molecule has 0 unspecified atom stereocenters. The molecule has 0 aliphatic carbocycles. The van der Waals surface area contributed by atoms with Crippen molar-refractivity contribution in [2.45, 2.75) is 6.92 Å². The highest BCUT2D eigenvalue weighted by molar-refractivity contribution is 6.34. The van der Waals surface area contributed by atoms with E-state index in [0.717, 1.165) is 0 Å². The molecule has 0 heterocycles. The van der Waals surface area contributed by atoms with E-state index in [1.807, 2.05) is 0 Å². The van der Waals surface area contributed by atoms with Crippen LogP contribution in [-0.4, -0.2) is 41.5 Å². The smallest absolute Gasteiger partial charge is 0.255 e. The summed E-state index contributed by atoms with van der Waals surface area (Å²) in [7, 11) is 0. The van der Waals surface area contributed by atoms with Gasteiger partial charge in [-0.25, -0.2) is 0 Å². The molecule has 2 amide bonds. The zero-order chi connectivity index (χ0) is 15.1. The highest BCUT2D eigenvalue weighted by Gasteiger charge is 2.17. The van der Waals surface area contributed by atoms with Crippen molar-refractivity contribution in [3.8, 4) is 0 Å². The molecule has 20 heavy (non-hydrogen) atoms. The summed E-state index contributed by atoms with van der Waals surface area (Å²) in [6.07, 6.45) is 1.57. The maximum Gasteiger partial charge on any atom is 0.255 e. The zero-order valence-corrected chi connectivity index (χ0v) is 12.0. The predicted octanol–water partition coefficient (Wildman–Crippen LogP) is 1.92. The van der Waals surface area contributed by atoms with Crippen LogP contribution in [0.5, 0.6) is 0 Å². The maximum atomic E-state index is 12.4. The van der Waals surface area contributed by atoms with Crippen molar-refractivity contribution in [3.05, 3.63) is 41.4 Å². The lowest BCUT2D eigenvalue weighted by atomic mass is 10.1. The van der Waals surface area contributed by atoms with E-state index in [1.54, 1.807) is 18.2 Å². The number of carbonyl (C=O) groups is 2. The van der Waals surface area contributed by atoms with Crippen LogP contribution in [0.15, 0.2) is 30.9 Å². The second kappa shape index (κ2) is 7.67. The van der Waals surface area contributed by atoms with Gasteiger partial charge in [-0.2, -0.15) is 0 Å². The lowest BCUT2D eigenvalue weighted by Gasteiger charge is -2.21. The third-order valence-corrected chi connectivity index (χ3v) is 2.85. The summed E-state index contributed by atoms with van der Waals surface area (Å²) in [5.74, 6) is -0.555. The van der Waals surface area contributed by atoms with Gasteiger partial charge in [0.25, 0.3) is 5.91 Å². The van der Waals surface area contributed by atoms with E-state index in [9.17, 15) is 9.59 Å². The summed E-state index contributed by atoms with van der Waals surface area (Å²) in [4.78, 5) is 24.8. The first-order valence-corrected chi connectivity index (χ1v) is 6.45. The van der Waals surface area contributed by atoms with Gasteiger partial charge in [0.15, 0.2) is 0 Å². The Hall–Kier alpha value is -1.85. The molecule has 1 rings (SSSR count). The minimum absolute atomic E-state index is 0.150. The van der Waals surface area contributed by atoms with Gasteiger partial charge >= 0.3 is 0 Å². The number of hydrogen-bond acceptors (Lipinski definition) is 3. The van der Waals surface area contributed by atoms with E-state index in [0.29, 0.717) is 12.2 Å². The Balaban J connectivity index is 3.05. The molecule has 0 atom stereocenters. The van der Waals surface area contributed by atoms with Crippen molar-refractivity contribution >= 4 is 29.1 Å².